The summed E-state index contributed by atoms with van der Waals surface area (Å²) in [7, 11) is 0. The fourth-order valence-electron chi connectivity index (χ4n) is 2.56. The minimum Gasteiger partial charge on any atom is -0.327 e. The first-order chi connectivity index (χ1) is 8.13. The van der Waals surface area contributed by atoms with Crippen LogP contribution in [0.25, 0.3) is 0 Å². The molecule has 0 saturated carbocycles. The van der Waals surface area contributed by atoms with Crippen molar-refractivity contribution in [2.24, 2.45) is 17.6 Å². The molecule has 2 unspecified atom stereocenters. The normalized spacial score (nSPS) is 15.2. The Kier molecular flexibility index (Phi) is 11.0. The summed E-state index contributed by atoms with van der Waals surface area (Å²) in [5.41, 5.74) is 6.36. The summed E-state index contributed by atoms with van der Waals surface area (Å²) >= 11 is 0. The number of rotatable bonds is 11. The van der Waals surface area contributed by atoms with Gasteiger partial charge in [0.05, 0.1) is 0 Å². The van der Waals surface area contributed by atoms with Crippen LogP contribution < -0.4 is 5.73 Å². The lowest BCUT2D eigenvalue weighted by Crippen LogP contribution is -2.35. The van der Waals surface area contributed by atoms with Crippen LogP contribution in [0.3, 0.4) is 0 Å². The molecule has 0 bridgehead atoms. The Morgan fingerprint density at radius 3 is 1.71 bits per heavy atom. The Balaban J connectivity index is 3.92. The predicted molar refractivity (Wildman–Crippen MR) is 79.2 cm³/mol. The van der Waals surface area contributed by atoms with Crippen LogP contribution >= 0.6 is 0 Å². The average molecular weight is 241 g/mol. The summed E-state index contributed by atoms with van der Waals surface area (Å²) in [6.45, 7) is 9.09. The first-order valence-electron chi connectivity index (χ1n) is 7.89. The molecule has 0 aromatic carbocycles. The van der Waals surface area contributed by atoms with Gasteiger partial charge in [-0.2, -0.15) is 0 Å². The van der Waals surface area contributed by atoms with Gasteiger partial charge in [0.1, 0.15) is 0 Å². The second-order valence-electron chi connectivity index (χ2n) is 5.93. The van der Waals surface area contributed by atoms with Crippen molar-refractivity contribution in [3.05, 3.63) is 0 Å². The minimum atomic E-state index is 0.411. The smallest absolute Gasteiger partial charge is 0.00903 e. The molecule has 0 amide bonds. The van der Waals surface area contributed by atoms with Gasteiger partial charge in [-0.15, -0.1) is 0 Å². The zero-order valence-corrected chi connectivity index (χ0v) is 12.7. The van der Waals surface area contributed by atoms with E-state index in [4.69, 9.17) is 5.73 Å². The maximum absolute atomic E-state index is 6.36. The lowest BCUT2D eigenvalue weighted by atomic mass is 9.83. The average Bonchev–Trinajstić information content (AvgIpc) is 2.31. The molecule has 0 aliphatic heterocycles. The van der Waals surface area contributed by atoms with Crippen LogP contribution in [0.5, 0.6) is 0 Å². The molecule has 1 heteroatoms. The third-order valence-electron chi connectivity index (χ3n) is 3.92. The Labute approximate surface area is 110 Å². The van der Waals surface area contributed by atoms with E-state index in [1.54, 1.807) is 0 Å². The van der Waals surface area contributed by atoms with Gasteiger partial charge in [0.25, 0.3) is 0 Å². The molecule has 0 radical (unpaired) electrons. The standard InChI is InChI=1S/C16H35N/c1-5-7-9-11-13-15(12-10-8-6-2)16(17)14(3)4/h14-16H,5-13,17H2,1-4H3. The van der Waals surface area contributed by atoms with Gasteiger partial charge < -0.3 is 5.73 Å². The molecule has 2 atom stereocenters. The van der Waals surface area contributed by atoms with Crippen molar-refractivity contribution < 1.29 is 0 Å². The lowest BCUT2D eigenvalue weighted by molar-refractivity contribution is 0.290. The summed E-state index contributed by atoms with van der Waals surface area (Å²) in [6, 6.07) is 0.411. The van der Waals surface area contributed by atoms with Gasteiger partial charge in [-0.05, 0) is 24.7 Å². The zero-order chi connectivity index (χ0) is 13.1. The molecular weight excluding hydrogens is 206 g/mol. The van der Waals surface area contributed by atoms with E-state index in [0.29, 0.717) is 12.0 Å². The molecule has 0 aromatic rings. The van der Waals surface area contributed by atoms with Crippen molar-refractivity contribution in [3.8, 4) is 0 Å². The molecule has 0 rings (SSSR count). The number of nitrogens with two attached hydrogens (primary N) is 1. The van der Waals surface area contributed by atoms with Crippen molar-refractivity contribution in [2.45, 2.75) is 91.5 Å². The third-order valence-corrected chi connectivity index (χ3v) is 3.92. The summed E-state index contributed by atoms with van der Waals surface area (Å²) < 4.78 is 0. The fourth-order valence-corrected chi connectivity index (χ4v) is 2.56. The van der Waals surface area contributed by atoms with Crippen molar-refractivity contribution in [3.63, 3.8) is 0 Å². The molecule has 0 aliphatic rings. The van der Waals surface area contributed by atoms with Gasteiger partial charge in [-0.25, -0.2) is 0 Å². The molecule has 0 saturated heterocycles. The van der Waals surface area contributed by atoms with E-state index in [2.05, 4.69) is 27.7 Å². The first kappa shape index (κ1) is 17.0. The predicted octanol–water partition coefficient (Wildman–Crippen LogP) is 5.14. The molecule has 0 heterocycles. The monoisotopic (exact) mass is 241 g/mol. The van der Waals surface area contributed by atoms with E-state index in [-0.39, 0.29) is 0 Å². The summed E-state index contributed by atoms with van der Waals surface area (Å²) in [6.07, 6.45) is 12.2. The van der Waals surface area contributed by atoms with Crippen LogP contribution in [0.4, 0.5) is 0 Å². The zero-order valence-electron chi connectivity index (χ0n) is 12.7. The van der Waals surface area contributed by atoms with Crippen LogP contribution in [0.2, 0.25) is 0 Å². The summed E-state index contributed by atoms with van der Waals surface area (Å²) in [5, 5.41) is 0. The number of hydrogen-bond donors (Lipinski definition) is 1. The Morgan fingerprint density at radius 1 is 0.765 bits per heavy atom. The summed E-state index contributed by atoms with van der Waals surface area (Å²) in [4.78, 5) is 0. The van der Waals surface area contributed by atoms with Gasteiger partial charge >= 0.3 is 0 Å². The Hall–Kier alpha value is -0.0400. The van der Waals surface area contributed by atoms with Crippen molar-refractivity contribution in [2.75, 3.05) is 0 Å². The molecule has 0 aromatic heterocycles. The van der Waals surface area contributed by atoms with Crippen LogP contribution in [0.15, 0.2) is 0 Å². The van der Waals surface area contributed by atoms with Crippen LogP contribution in [-0.4, -0.2) is 6.04 Å². The molecule has 17 heavy (non-hydrogen) atoms. The van der Waals surface area contributed by atoms with Gasteiger partial charge in [0.2, 0.25) is 0 Å². The van der Waals surface area contributed by atoms with E-state index in [0.717, 1.165) is 5.92 Å². The Bertz CT molecular complexity index is 154. The highest BCUT2D eigenvalue weighted by atomic mass is 14.7. The first-order valence-corrected chi connectivity index (χ1v) is 7.89. The summed E-state index contributed by atoms with van der Waals surface area (Å²) in [5.74, 6) is 1.39. The van der Waals surface area contributed by atoms with Crippen LogP contribution in [0.1, 0.15) is 85.5 Å². The highest BCUT2D eigenvalue weighted by molar-refractivity contribution is 4.76. The van der Waals surface area contributed by atoms with Gasteiger partial charge in [0.15, 0.2) is 0 Å². The van der Waals surface area contributed by atoms with E-state index in [1.807, 2.05) is 0 Å². The minimum absolute atomic E-state index is 0.411. The molecule has 0 fully saturated rings. The topological polar surface area (TPSA) is 26.0 Å². The van der Waals surface area contributed by atoms with Crippen LogP contribution in [0, 0.1) is 11.8 Å². The Morgan fingerprint density at radius 2 is 1.24 bits per heavy atom. The van der Waals surface area contributed by atoms with Gasteiger partial charge in [0, 0.05) is 6.04 Å². The molecule has 1 nitrogen and oxygen atoms in total. The maximum Gasteiger partial charge on any atom is 0.00903 e. The van der Waals surface area contributed by atoms with Crippen molar-refractivity contribution >= 4 is 0 Å². The van der Waals surface area contributed by atoms with Crippen molar-refractivity contribution in [1.29, 1.82) is 0 Å². The fraction of sp³-hybridized carbons (Fsp3) is 1.00. The molecular formula is C16H35N. The molecule has 104 valence electrons. The highest BCUT2D eigenvalue weighted by Gasteiger charge is 2.19. The van der Waals surface area contributed by atoms with Crippen molar-refractivity contribution in [1.82, 2.24) is 0 Å². The number of unbranched alkanes of at least 4 members (excludes halogenated alkanes) is 5. The highest BCUT2D eigenvalue weighted by Crippen LogP contribution is 2.23. The van der Waals surface area contributed by atoms with Gasteiger partial charge in [-0.3, -0.25) is 0 Å². The second-order valence-corrected chi connectivity index (χ2v) is 5.93. The second kappa shape index (κ2) is 11.1. The van der Waals surface area contributed by atoms with E-state index >= 15 is 0 Å². The number of hydrogen-bond acceptors (Lipinski definition) is 1. The van der Waals surface area contributed by atoms with Crippen LogP contribution in [-0.2, 0) is 0 Å². The quantitative estimate of drug-likeness (QED) is 0.498. The molecule has 0 aliphatic carbocycles. The maximum atomic E-state index is 6.36. The lowest BCUT2D eigenvalue weighted by Gasteiger charge is -2.27. The SMILES string of the molecule is CCCCCCC(CCCCC)C(N)C(C)C. The largest absolute Gasteiger partial charge is 0.327 e. The third kappa shape index (κ3) is 8.65. The van der Waals surface area contributed by atoms with Gasteiger partial charge in [-0.1, -0.05) is 72.6 Å². The van der Waals surface area contributed by atoms with E-state index in [9.17, 15) is 0 Å². The molecule has 2 N–H and O–H groups in total. The molecule has 0 spiro atoms. The van der Waals surface area contributed by atoms with E-state index in [1.165, 1.54) is 57.8 Å². The van der Waals surface area contributed by atoms with E-state index < -0.39 is 0 Å².